The Kier molecular flexibility index (Phi) is 12.7. The molecule has 0 radical (unpaired) electrons. The first-order valence-corrected chi connectivity index (χ1v) is 15.3. The molecule has 2 aromatic carbocycles. The van der Waals surface area contributed by atoms with Gasteiger partial charge < -0.3 is 31.9 Å². The van der Waals surface area contributed by atoms with Crippen molar-refractivity contribution in [3.63, 3.8) is 0 Å². The first-order valence-electron chi connectivity index (χ1n) is 15.3. The molecule has 5 atom stereocenters. The van der Waals surface area contributed by atoms with Crippen LogP contribution in [0.2, 0.25) is 0 Å². The van der Waals surface area contributed by atoms with Crippen molar-refractivity contribution in [3.8, 4) is 0 Å². The van der Waals surface area contributed by atoms with Crippen LogP contribution in [-0.4, -0.2) is 76.1 Å². The fraction of sp³-hybridized carbons (Fsp3) is 0.469. The molecule has 0 spiro atoms. The van der Waals surface area contributed by atoms with Crippen molar-refractivity contribution >= 4 is 40.9 Å². The number of amides is 5. The van der Waals surface area contributed by atoms with Gasteiger partial charge in [0.1, 0.15) is 24.2 Å². The van der Waals surface area contributed by atoms with Gasteiger partial charge in [-0.25, -0.2) is 0 Å². The number of anilines is 1. The molecule has 0 saturated carbocycles. The van der Waals surface area contributed by atoms with E-state index >= 15 is 0 Å². The number of nitrogens with one attached hydrogen (secondary N) is 4. The molecule has 1 heterocycles. The predicted molar refractivity (Wildman–Crippen MR) is 171 cm³/mol. The van der Waals surface area contributed by atoms with Gasteiger partial charge in [-0.3, -0.25) is 34.1 Å². The van der Waals surface area contributed by atoms with Gasteiger partial charge in [0.2, 0.25) is 29.5 Å². The lowest BCUT2D eigenvalue weighted by Crippen LogP contribution is -2.58. The van der Waals surface area contributed by atoms with Crippen molar-refractivity contribution in [2.75, 3.05) is 11.9 Å². The van der Waals surface area contributed by atoms with Crippen LogP contribution in [0, 0.1) is 16.0 Å². The van der Waals surface area contributed by atoms with E-state index in [1.54, 1.807) is 19.1 Å². The summed E-state index contributed by atoms with van der Waals surface area (Å²) in [7, 11) is 0. The van der Waals surface area contributed by atoms with E-state index in [1.165, 1.54) is 36.1 Å². The van der Waals surface area contributed by atoms with E-state index in [-0.39, 0.29) is 30.4 Å². The summed E-state index contributed by atoms with van der Waals surface area (Å²) in [6.45, 7) is 7.20. The molecular weight excluding hydrogens is 594 g/mol. The molecule has 46 heavy (non-hydrogen) atoms. The molecule has 3 rings (SSSR count). The Morgan fingerprint density at radius 3 is 2.11 bits per heavy atom. The highest BCUT2D eigenvalue weighted by Gasteiger charge is 2.36. The Morgan fingerprint density at radius 1 is 0.891 bits per heavy atom. The SMILES string of the molecule is CC(C)CC(NC(=O)C(C)NC(=O)C1CCCN1C(=O)C(C)N)C(=O)NC(Cc1ccccc1)C(=O)Nc1ccc([N+](=O)[O-])cc1. The molecule has 5 amide bonds. The van der Waals surface area contributed by atoms with Gasteiger partial charge >= 0.3 is 0 Å². The summed E-state index contributed by atoms with van der Waals surface area (Å²) in [6, 6.07) is 9.76. The lowest BCUT2D eigenvalue weighted by Gasteiger charge is -2.28. The molecule has 1 aliphatic heterocycles. The third-order valence-electron chi connectivity index (χ3n) is 7.58. The lowest BCUT2D eigenvalue weighted by atomic mass is 10.0. The molecular formula is C32H43N7O7. The van der Waals surface area contributed by atoms with Crippen LogP contribution < -0.4 is 27.0 Å². The summed E-state index contributed by atoms with van der Waals surface area (Å²) in [5.41, 5.74) is 6.68. The van der Waals surface area contributed by atoms with Gasteiger partial charge in [0, 0.05) is 30.8 Å². The molecule has 2 aromatic rings. The van der Waals surface area contributed by atoms with Crippen LogP contribution in [0.3, 0.4) is 0 Å². The molecule has 1 saturated heterocycles. The zero-order valence-corrected chi connectivity index (χ0v) is 26.5. The quantitative estimate of drug-likeness (QED) is 0.152. The number of nitro benzene ring substituents is 1. The maximum atomic E-state index is 13.6. The summed E-state index contributed by atoms with van der Waals surface area (Å²) in [5.74, 6) is -2.59. The van der Waals surface area contributed by atoms with Gasteiger partial charge in [0.25, 0.3) is 5.69 Å². The number of nitrogens with zero attached hydrogens (tertiary/aromatic N) is 2. The summed E-state index contributed by atoms with van der Waals surface area (Å²) in [5, 5.41) is 21.8. The highest BCUT2D eigenvalue weighted by atomic mass is 16.6. The van der Waals surface area contributed by atoms with Crippen molar-refractivity contribution in [3.05, 3.63) is 70.3 Å². The minimum atomic E-state index is -1.05. The molecule has 6 N–H and O–H groups in total. The Morgan fingerprint density at radius 2 is 1.52 bits per heavy atom. The fourth-order valence-corrected chi connectivity index (χ4v) is 5.17. The number of rotatable bonds is 14. The summed E-state index contributed by atoms with van der Waals surface area (Å²) in [4.78, 5) is 77.5. The van der Waals surface area contributed by atoms with Crippen LogP contribution in [0.5, 0.6) is 0 Å². The van der Waals surface area contributed by atoms with E-state index in [0.29, 0.717) is 25.1 Å². The third-order valence-corrected chi connectivity index (χ3v) is 7.58. The molecule has 248 valence electrons. The standard InChI is InChI=1S/C32H43N7O7/c1-19(2)17-25(36-28(40)21(4)34-31(43)27-11-8-16-38(27)32(44)20(3)33)30(42)37-26(18-22-9-6-5-7-10-22)29(41)35-23-12-14-24(15-13-23)39(45)46/h5-7,9-10,12-15,19-21,25-27H,8,11,16-18,33H2,1-4H3,(H,34,43)(H,35,41)(H,36,40)(H,37,42). The smallest absolute Gasteiger partial charge is 0.269 e. The molecule has 14 nitrogen and oxygen atoms in total. The molecule has 1 fully saturated rings. The average Bonchev–Trinajstić information content (AvgIpc) is 3.50. The maximum absolute atomic E-state index is 13.6. The van der Waals surface area contributed by atoms with Crippen LogP contribution in [-0.2, 0) is 30.4 Å². The number of nitrogens with two attached hydrogens (primary N) is 1. The number of likely N-dealkylation sites (tertiary alicyclic amines) is 1. The maximum Gasteiger partial charge on any atom is 0.269 e. The topological polar surface area (TPSA) is 206 Å². The zero-order valence-electron chi connectivity index (χ0n) is 26.5. The van der Waals surface area contributed by atoms with E-state index in [1.807, 2.05) is 32.0 Å². The van der Waals surface area contributed by atoms with E-state index in [4.69, 9.17) is 5.73 Å². The largest absolute Gasteiger partial charge is 0.343 e. The van der Waals surface area contributed by atoms with Crippen LogP contribution in [0.25, 0.3) is 0 Å². The second-order valence-electron chi connectivity index (χ2n) is 11.9. The Labute approximate surface area is 268 Å². The summed E-state index contributed by atoms with van der Waals surface area (Å²) < 4.78 is 0. The van der Waals surface area contributed by atoms with E-state index in [9.17, 15) is 34.1 Å². The molecule has 0 bridgehead atoms. The average molecular weight is 638 g/mol. The number of benzene rings is 2. The number of nitro groups is 1. The number of carbonyl (C=O) groups is 5. The highest BCUT2D eigenvalue weighted by Crippen LogP contribution is 2.19. The summed E-state index contributed by atoms with van der Waals surface area (Å²) in [6.07, 6.45) is 1.47. The van der Waals surface area contributed by atoms with E-state index < -0.39 is 58.8 Å². The first kappa shape index (κ1) is 35.6. The highest BCUT2D eigenvalue weighted by molar-refractivity contribution is 5.99. The minimum Gasteiger partial charge on any atom is -0.343 e. The summed E-state index contributed by atoms with van der Waals surface area (Å²) >= 11 is 0. The second kappa shape index (κ2) is 16.5. The van der Waals surface area contributed by atoms with Crippen LogP contribution >= 0.6 is 0 Å². The first-order chi connectivity index (χ1) is 21.8. The fourth-order valence-electron chi connectivity index (χ4n) is 5.17. The van der Waals surface area contributed by atoms with Gasteiger partial charge in [0.05, 0.1) is 11.0 Å². The van der Waals surface area contributed by atoms with E-state index in [0.717, 1.165) is 5.56 Å². The predicted octanol–water partition coefficient (Wildman–Crippen LogP) is 1.63. The third kappa shape index (κ3) is 10.1. The van der Waals surface area contributed by atoms with Gasteiger partial charge in [-0.05, 0) is 56.7 Å². The Balaban J connectivity index is 1.71. The number of hydrogen-bond acceptors (Lipinski definition) is 8. The van der Waals surface area contributed by atoms with Gasteiger partial charge in [-0.2, -0.15) is 0 Å². The molecule has 0 aliphatic carbocycles. The Hall–Kier alpha value is -4.85. The van der Waals surface area contributed by atoms with Gasteiger partial charge in [0.15, 0.2) is 0 Å². The zero-order chi connectivity index (χ0) is 34.0. The van der Waals surface area contributed by atoms with Crippen molar-refractivity contribution in [1.29, 1.82) is 0 Å². The van der Waals surface area contributed by atoms with E-state index in [2.05, 4.69) is 21.3 Å². The van der Waals surface area contributed by atoms with Crippen molar-refractivity contribution < 1.29 is 28.9 Å². The van der Waals surface area contributed by atoms with Gasteiger partial charge in [-0.15, -0.1) is 0 Å². The van der Waals surface area contributed by atoms with Crippen molar-refractivity contribution in [1.82, 2.24) is 20.9 Å². The van der Waals surface area contributed by atoms with Crippen LogP contribution in [0.15, 0.2) is 54.6 Å². The van der Waals surface area contributed by atoms with Gasteiger partial charge in [-0.1, -0.05) is 44.2 Å². The molecule has 5 unspecified atom stereocenters. The molecule has 0 aromatic heterocycles. The minimum absolute atomic E-state index is 0.0150. The van der Waals surface area contributed by atoms with Crippen LogP contribution in [0.1, 0.15) is 52.5 Å². The number of non-ortho nitro benzene ring substituents is 1. The molecule has 14 heteroatoms. The normalized spacial score (nSPS) is 16.9. The van der Waals surface area contributed by atoms with Crippen molar-refractivity contribution in [2.45, 2.75) is 83.6 Å². The monoisotopic (exact) mass is 637 g/mol. The molecule has 1 aliphatic rings. The van der Waals surface area contributed by atoms with Crippen molar-refractivity contribution in [2.24, 2.45) is 11.7 Å². The number of hydrogen-bond donors (Lipinski definition) is 5. The second-order valence-corrected chi connectivity index (χ2v) is 11.9. The Bertz CT molecular complexity index is 1400. The van der Waals surface area contributed by atoms with Crippen LogP contribution in [0.4, 0.5) is 11.4 Å². The number of carbonyl (C=O) groups excluding carboxylic acids is 5. The lowest BCUT2D eigenvalue weighted by molar-refractivity contribution is -0.384.